The van der Waals surface area contributed by atoms with Crippen molar-refractivity contribution in [2.24, 2.45) is 11.8 Å². The van der Waals surface area contributed by atoms with E-state index in [2.05, 4.69) is 9.97 Å². The van der Waals surface area contributed by atoms with Gasteiger partial charge in [-0.05, 0) is 42.9 Å². The molecule has 1 aliphatic rings. The van der Waals surface area contributed by atoms with Gasteiger partial charge in [0.25, 0.3) is 0 Å². The van der Waals surface area contributed by atoms with E-state index in [0.717, 1.165) is 25.0 Å². The molecule has 0 spiro atoms. The Morgan fingerprint density at radius 1 is 1.34 bits per heavy atom. The molecule has 3 heterocycles. The summed E-state index contributed by atoms with van der Waals surface area (Å²) in [4.78, 5) is 20.4. The van der Waals surface area contributed by atoms with Crippen molar-refractivity contribution < 1.29 is 31.7 Å². The molecule has 6 nitrogen and oxygen atoms in total. The molecular formula is C20H28F3N3O3. The summed E-state index contributed by atoms with van der Waals surface area (Å²) >= 11 is 0. The highest BCUT2D eigenvalue weighted by atomic mass is 19.4. The van der Waals surface area contributed by atoms with E-state index in [-0.39, 0.29) is 34.1 Å². The SMILES string of the molecule is CC(COc1ccc(C(F)(F)F)c(C(=O)c2cccnc2N)n1)C1CCOCC1.[HH].[HH].[HH]. The van der Waals surface area contributed by atoms with Crippen LogP contribution < -0.4 is 10.5 Å². The fourth-order valence-corrected chi connectivity index (χ4v) is 3.30. The van der Waals surface area contributed by atoms with Crippen LogP contribution in [0.4, 0.5) is 19.0 Å². The normalized spacial score (nSPS) is 16.4. The quantitative estimate of drug-likeness (QED) is 0.700. The Hall–Kier alpha value is -2.68. The smallest absolute Gasteiger partial charge is 0.418 e. The molecule has 0 saturated carbocycles. The van der Waals surface area contributed by atoms with Crippen LogP contribution in [0.15, 0.2) is 30.5 Å². The summed E-state index contributed by atoms with van der Waals surface area (Å²) in [5.74, 6) is -0.564. The number of nitrogens with two attached hydrogens (primary N) is 1. The second kappa shape index (κ2) is 8.77. The second-order valence-corrected chi connectivity index (χ2v) is 7.05. The van der Waals surface area contributed by atoms with Gasteiger partial charge >= 0.3 is 6.18 Å². The van der Waals surface area contributed by atoms with Gasteiger partial charge < -0.3 is 15.2 Å². The number of nitrogen functional groups attached to an aromatic ring is 1. The molecule has 1 atom stereocenters. The van der Waals surface area contributed by atoms with E-state index in [4.69, 9.17) is 15.2 Å². The maximum atomic E-state index is 13.4. The van der Waals surface area contributed by atoms with E-state index in [1.165, 1.54) is 18.3 Å². The zero-order valence-electron chi connectivity index (χ0n) is 15.9. The fourth-order valence-electron chi connectivity index (χ4n) is 3.30. The molecule has 0 aromatic carbocycles. The fraction of sp³-hybridized carbons (Fsp3) is 0.450. The Balaban J connectivity index is 0.00000320. The van der Waals surface area contributed by atoms with Gasteiger partial charge in [0.15, 0.2) is 0 Å². The summed E-state index contributed by atoms with van der Waals surface area (Å²) in [5, 5.41) is 0. The molecule has 162 valence electrons. The number of ketones is 1. The Bertz CT molecular complexity index is 882. The third kappa shape index (κ3) is 5.03. The molecule has 0 amide bonds. The summed E-state index contributed by atoms with van der Waals surface area (Å²) in [6.45, 7) is 3.69. The van der Waals surface area contributed by atoms with Crippen LogP contribution in [0.3, 0.4) is 0 Å². The topological polar surface area (TPSA) is 87.3 Å². The molecule has 3 rings (SSSR count). The number of hydrogen-bond acceptors (Lipinski definition) is 6. The first-order chi connectivity index (χ1) is 13.8. The third-order valence-corrected chi connectivity index (χ3v) is 5.04. The van der Waals surface area contributed by atoms with Gasteiger partial charge in [0.1, 0.15) is 11.5 Å². The van der Waals surface area contributed by atoms with Gasteiger partial charge in [-0.15, -0.1) is 0 Å². The maximum absolute atomic E-state index is 13.4. The van der Waals surface area contributed by atoms with Crippen molar-refractivity contribution in [2.45, 2.75) is 25.9 Å². The summed E-state index contributed by atoms with van der Waals surface area (Å²) in [7, 11) is 0. The van der Waals surface area contributed by atoms with Gasteiger partial charge in [0.2, 0.25) is 11.7 Å². The molecule has 0 aliphatic carbocycles. The van der Waals surface area contributed by atoms with Crippen LogP contribution in [-0.2, 0) is 10.9 Å². The third-order valence-electron chi connectivity index (χ3n) is 5.04. The molecule has 2 N–H and O–H groups in total. The highest BCUT2D eigenvalue weighted by Gasteiger charge is 2.37. The van der Waals surface area contributed by atoms with Crippen molar-refractivity contribution in [1.29, 1.82) is 0 Å². The lowest BCUT2D eigenvalue weighted by Gasteiger charge is -2.27. The monoisotopic (exact) mass is 415 g/mol. The van der Waals surface area contributed by atoms with Crippen molar-refractivity contribution in [1.82, 2.24) is 9.97 Å². The molecule has 1 aliphatic heterocycles. The van der Waals surface area contributed by atoms with Crippen molar-refractivity contribution in [3.63, 3.8) is 0 Å². The van der Waals surface area contributed by atoms with Crippen LogP contribution in [-0.4, -0.2) is 35.6 Å². The molecule has 29 heavy (non-hydrogen) atoms. The number of rotatable bonds is 6. The predicted molar refractivity (Wildman–Crippen MR) is 106 cm³/mol. The number of carbonyl (C=O) groups excluding carboxylic acids is 1. The van der Waals surface area contributed by atoms with Crippen LogP contribution in [0.1, 0.15) is 45.7 Å². The van der Waals surface area contributed by atoms with E-state index in [1.807, 2.05) is 6.92 Å². The van der Waals surface area contributed by atoms with E-state index in [0.29, 0.717) is 19.1 Å². The summed E-state index contributed by atoms with van der Waals surface area (Å²) in [5.41, 5.74) is 3.61. The average Bonchev–Trinajstić information content (AvgIpc) is 2.71. The number of hydrogen-bond donors (Lipinski definition) is 1. The van der Waals surface area contributed by atoms with Crippen LogP contribution in [0, 0.1) is 11.8 Å². The summed E-state index contributed by atoms with van der Waals surface area (Å²) < 4.78 is 51.2. The lowest BCUT2D eigenvalue weighted by molar-refractivity contribution is -0.138. The summed E-state index contributed by atoms with van der Waals surface area (Å²) in [6.07, 6.45) is -1.58. The zero-order chi connectivity index (χ0) is 21.0. The lowest BCUT2D eigenvalue weighted by atomic mass is 9.88. The lowest BCUT2D eigenvalue weighted by Crippen LogP contribution is -2.26. The van der Waals surface area contributed by atoms with Crippen molar-refractivity contribution in [3.05, 3.63) is 47.3 Å². The van der Waals surface area contributed by atoms with E-state index >= 15 is 0 Å². The predicted octanol–water partition coefficient (Wildman–Crippen LogP) is 4.49. The number of aromatic nitrogens is 2. The van der Waals surface area contributed by atoms with Crippen LogP contribution in [0.2, 0.25) is 0 Å². The van der Waals surface area contributed by atoms with Crippen molar-refractivity contribution in [3.8, 4) is 5.88 Å². The highest BCUT2D eigenvalue weighted by Crippen LogP contribution is 2.34. The van der Waals surface area contributed by atoms with Gasteiger partial charge in [-0.1, -0.05) is 6.92 Å². The number of halogens is 3. The number of alkyl halides is 3. The molecule has 1 saturated heterocycles. The number of nitrogens with zero attached hydrogens (tertiary/aromatic N) is 2. The highest BCUT2D eigenvalue weighted by molar-refractivity contribution is 6.11. The molecule has 0 bridgehead atoms. The Kier molecular flexibility index (Phi) is 6.36. The molecule has 2 aromatic rings. The first kappa shape index (κ1) is 21.0. The Labute approximate surface area is 170 Å². The molecule has 2 aromatic heterocycles. The van der Waals surface area contributed by atoms with Crippen LogP contribution in [0.25, 0.3) is 0 Å². The molecule has 0 radical (unpaired) electrons. The average molecular weight is 415 g/mol. The number of pyridine rings is 2. The molecule has 9 heteroatoms. The minimum Gasteiger partial charge on any atom is -0.477 e. The first-order valence-corrected chi connectivity index (χ1v) is 9.31. The van der Waals surface area contributed by atoms with Crippen LogP contribution >= 0.6 is 0 Å². The molecule has 1 unspecified atom stereocenters. The van der Waals surface area contributed by atoms with Gasteiger partial charge in [-0.25, -0.2) is 9.97 Å². The van der Waals surface area contributed by atoms with Crippen molar-refractivity contribution in [2.75, 3.05) is 25.6 Å². The Morgan fingerprint density at radius 3 is 2.72 bits per heavy atom. The Morgan fingerprint density at radius 2 is 2.07 bits per heavy atom. The number of carbonyl (C=O) groups is 1. The van der Waals surface area contributed by atoms with Crippen LogP contribution in [0.5, 0.6) is 5.88 Å². The van der Waals surface area contributed by atoms with Gasteiger partial charge in [0.05, 0.1) is 17.7 Å². The standard InChI is InChI=1S/C20H22F3N3O3.3H2/c1-12(13-6-9-28-10-7-13)11-29-16-5-4-15(20(21,22)23)17(26-16)18(27)14-3-2-8-25-19(14)24;;;/h2-5,8,12-13H,6-7,9-11H2,1H3,(H2,24,25);3*1H. The zero-order valence-corrected chi connectivity index (χ0v) is 15.9. The molecule has 1 fully saturated rings. The number of ether oxygens (including phenoxy) is 2. The maximum Gasteiger partial charge on any atom is 0.418 e. The molecular weight excluding hydrogens is 387 g/mol. The van der Waals surface area contributed by atoms with Gasteiger partial charge in [0, 0.05) is 29.8 Å². The minimum absolute atomic E-state index is 0. The van der Waals surface area contributed by atoms with E-state index in [9.17, 15) is 18.0 Å². The van der Waals surface area contributed by atoms with Gasteiger partial charge in [-0.3, -0.25) is 4.79 Å². The van der Waals surface area contributed by atoms with Crippen molar-refractivity contribution >= 4 is 11.6 Å². The minimum atomic E-state index is -4.75. The second-order valence-electron chi connectivity index (χ2n) is 7.05. The van der Waals surface area contributed by atoms with E-state index in [1.54, 1.807) is 0 Å². The first-order valence-electron chi connectivity index (χ1n) is 9.31. The van der Waals surface area contributed by atoms with Gasteiger partial charge in [-0.2, -0.15) is 13.2 Å². The largest absolute Gasteiger partial charge is 0.477 e. The number of anilines is 1. The summed E-state index contributed by atoms with van der Waals surface area (Å²) in [6, 6.07) is 4.67. The van der Waals surface area contributed by atoms with E-state index < -0.39 is 23.2 Å².